The number of anilines is 2. The molecule has 0 saturated heterocycles. The van der Waals surface area contributed by atoms with Gasteiger partial charge in [0.05, 0.1) is 12.4 Å². The van der Waals surface area contributed by atoms with Gasteiger partial charge < -0.3 is 30.8 Å². The van der Waals surface area contributed by atoms with E-state index in [0.717, 1.165) is 16.7 Å². The van der Waals surface area contributed by atoms with E-state index in [1.807, 2.05) is 62.4 Å². The molecule has 7 aromatic rings. The number of esters is 2. The summed E-state index contributed by atoms with van der Waals surface area (Å²) in [5.41, 5.74) is 12.1. The summed E-state index contributed by atoms with van der Waals surface area (Å²) in [6.07, 6.45) is 6.65. The highest BCUT2D eigenvalue weighted by Crippen LogP contribution is 2.25. The molecule has 5 aromatic heterocycles. The van der Waals surface area contributed by atoms with E-state index < -0.39 is 11.9 Å². The van der Waals surface area contributed by atoms with Gasteiger partial charge in [-0.3, -0.25) is 28.0 Å². The Morgan fingerprint density at radius 3 is 1.81 bits per heavy atom. The van der Waals surface area contributed by atoms with Crippen molar-refractivity contribution in [3.63, 3.8) is 0 Å². The third kappa shape index (κ3) is 11.4. The van der Waals surface area contributed by atoms with Crippen molar-refractivity contribution in [2.45, 2.75) is 27.2 Å². The fourth-order valence-electron chi connectivity index (χ4n) is 5.05. The topological polar surface area (TPSA) is 234 Å². The fraction of sp³-hybridized carbons (Fsp3) is 0.154. The Morgan fingerprint density at radius 2 is 1.32 bits per heavy atom. The Kier molecular flexibility index (Phi) is 16.0. The maximum absolute atomic E-state index is 12.7. The Labute approximate surface area is 351 Å². The van der Waals surface area contributed by atoms with Gasteiger partial charge in [0.15, 0.2) is 5.84 Å². The standard InChI is InChI=1S/C18H14ClN5O2.C16H15N5O2.C4H4Cl2O3.CH4/c1-11-5-6-12(17-22-16(9-19)26-23-17)8-13(11)21-18(25)14-10-20-15-4-2-3-7-24(14)15;1-10-5-6-11(15(17)20-23)8-12(10)19-16(22)13-9-18-14-4-2-3-7-21(13)14;5-1-3(7)9-4(8)2-6;/h2-8,10H,9H2,1H3,(H,21,25);2-9,23H,1H3,(H2,17,20)(H,19,22);1-2H2;1H4. The summed E-state index contributed by atoms with van der Waals surface area (Å²) in [6.45, 7) is 3.77. The molecule has 59 heavy (non-hydrogen) atoms. The number of nitrogens with zero attached hydrogens (tertiary/aromatic N) is 7. The van der Waals surface area contributed by atoms with Crippen molar-refractivity contribution < 1.29 is 33.6 Å². The molecule has 0 saturated carbocycles. The number of fused-ring (bicyclic) bond motifs is 2. The van der Waals surface area contributed by atoms with Crippen LogP contribution in [0, 0.1) is 13.8 Å². The van der Waals surface area contributed by atoms with Crippen LogP contribution in [0.25, 0.3) is 22.7 Å². The van der Waals surface area contributed by atoms with Gasteiger partial charge in [-0.1, -0.05) is 54.1 Å². The number of rotatable bonds is 9. The number of aromatic nitrogens is 6. The van der Waals surface area contributed by atoms with E-state index in [-0.39, 0.29) is 42.7 Å². The molecule has 0 aliphatic rings. The molecule has 5 heterocycles. The molecule has 7 rings (SSSR count). The van der Waals surface area contributed by atoms with Crippen LogP contribution in [0.4, 0.5) is 11.4 Å². The quantitative estimate of drug-likeness (QED) is 0.0222. The number of pyridine rings is 2. The number of alkyl halides is 3. The summed E-state index contributed by atoms with van der Waals surface area (Å²) in [5.74, 6) is -1.85. The second-order valence-electron chi connectivity index (χ2n) is 11.9. The van der Waals surface area contributed by atoms with Crippen LogP contribution in [-0.2, 0) is 20.2 Å². The minimum Gasteiger partial charge on any atom is -0.409 e. The number of amidine groups is 1. The number of hydrogen-bond donors (Lipinski definition) is 4. The van der Waals surface area contributed by atoms with Gasteiger partial charge in [-0.05, 0) is 61.4 Å². The van der Waals surface area contributed by atoms with Gasteiger partial charge in [-0.25, -0.2) is 9.97 Å². The number of nitrogens with two attached hydrogens (primary N) is 1. The molecular formula is C39H37Cl3N10O7. The Balaban J connectivity index is 0.000000215. The van der Waals surface area contributed by atoms with Crippen molar-refractivity contribution in [1.82, 2.24) is 28.9 Å². The average Bonchev–Trinajstić information content (AvgIpc) is 4.01. The molecule has 17 nitrogen and oxygen atoms in total. The number of imidazole rings is 2. The van der Waals surface area contributed by atoms with Gasteiger partial charge in [0, 0.05) is 34.9 Å². The second-order valence-corrected chi connectivity index (χ2v) is 12.7. The largest absolute Gasteiger partial charge is 0.409 e. The molecule has 306 valence electrons. The molecule has 0 spiro atoms. The van der Waals surface area contributed by atoms with E-state index >= 15 is 0 Å². The van der Waals surface area contributed by atoms with Gasteiger partial charge in [0.2, 0.25) is 11.7 Å². The Hall–Kier alpha value is -6.82. The first-order valence-electron chi connectivity index (χ1n) is 16.9. The van der Waals surface area contributed by atoms with Crippen LogP contribution >= 0.6 is 34.8 Å². The molecule has 0 bridgehead atoms. The molecule has 20 heteroatoms. The van der Waals surface area contributed by atoms with Crippen molar-refractivity contribution in [3.05, 3.63) is 132 Å². The first-order valence-corrected chi connectivity index (χ1v) is 18.5. The van der Waals surface area contributed by atoms with Crippen LogP contribution in [0.5, 0.6) is 0 Å². The van der Waals surface area contributed by atoms with Gasteiger partial charge in [-0.15, -0.1) is 34.8 Å². The lowest BCUT2D eigenvalue weighted by Crippen LogP contribution is -2.17. The van der Waals surface area contributed by atoms with E-state index in [0.29, 0.717) is 51.3 Å². The lowest BCUT2D eigenvalue weighted by Gasteiger charge is -2.10. The van der Waals surface area contributed by atoms with E-state index in [1.54, 1.807) is 51.7 Å². The summed E-state index contributed by atoms with van der Waals surface area (Å²) in [5, 5.41) is 21.4. The summed E-state index contributed by atoms with van der Waals surface area (Å²) < 4.78 is 12.5. The van der Waals surface area contributed by atoms with E-state index in [9.17, 15) is 19.2 Å². The van der Waals surface area contributed by atoms with Crippen LogP contribution in [-0.4, -0.2) is 75.5 Å². The number of oxime groups is 1. The highest BCUT2D eigenvalue weighted by atomic mass is 35.5. The highest BCUT2D eigenvalue weighted by molar-refractivity contribution is 6.29. The number of benzene rings is 2. The zero-order chi connectivity index (χ0) is 41.8. The molecule has 5 N–H and O–H groups in total. The smallest absolute Gasteiger partial charge is 0.328 e. The highest BCUT2D eigenvalue weighted by Gasteiger charge is 2.16. The lowest BCUT2D eigenvalue weighted by atomic mass is 10.1. The minimum absolute atomic E-state index is 0. The predicted octanol–water partition coefficient (Wildman–Crippen LogP) is 6.84. The Bertz CT molecular complexity index is 2610. The summed E-state index contributed by atoms with van der Waals surface area (Å²) in [7, 11) is 0. The predicted molar refractivity (Wildman–Crippen MR) is 223 cm³/mol. The molecule has 0 fully saturated rings. The first kappa shape index (κ1) is 44.9. The van der Waals surface area contributed by atoms with Crippen molar-refractivity contribution >= 4 is 87.1 Å². The maximum atomic E-state index is 12.7. The number of amides is 2. The van der Waals surface area contributed by atoms with E-state index in [4.69, 9.17) is 50.3 Å². The lowest BCUT2D eigenvalue weighted by molar-refractivity contribution is -0.155. The minimum atomic E-state index is -0.776. The maximum Gasteiger partial charge on any atom is 0.328 e. The fourth-order valence-corrected chi connectivity index (χ4v) is 5.27. The average molecular weight is 864 g/mol. The number of hydrogen-bond acceptors (Lipinski definition) is 12. The van der Waals surface area contributed by atoms with Gasteiger partial charge in [0.1, 0.15) is 40.3 Å². The molecule has 2 amide bonds. The van der Waals surface area contributed by atoms with E-state index in [2.05, 4.69) is 40.6 Å². The molecule has 0 unspecified atom stereocenters. The van der Waals surface area contributed by atoms with Crippen molar-refractivity contribution in [1.29, 1.82) is 0 Å². The van der Waals surface area contributed by atoms with Crippen LogP contribution < -0.4 is 16.4 Å². The SMILES string of the molecule is C.Cc1ccc(-c2noc(CCl)n2)cc1NC(=O)c1cnc2ccccn12.Cc1ccc(/C(N)=N/O)cc1NC(=O)c1cnc2ccccn12.O=C(CCl)OC(=O)CCl. The van der Waals surface area contributed by atoms with Crippen LogP contribution in [0.15, 0.2) is 107 Å². The summed E-state index contributed by atoms with van der Waals surface area (Å²) in [4.78, 5) is 58.1. The van der Waals surface area contributed by atoms with Crippen molar-refractivity contribution in [2.24, 2.45) is 10.9 Å². The first-order chi connectivity index (χ1) is 28.0. The van der Waals surface area contributed by atoms with Crippen LogP contribution in [0.2, 0.25) is 0 Å². The van der Waals surface area contributed by atoms with Crippen LogP contribution in [0.3, 0.4) is 0 Å². The molecule has 0 atom stereocenters. The summed E-state index contributed by atoms with van der Waals surface area (Å²) >= 11 is 15.7. The number of carbonyl (C=O) groups is 4. The van der Waals surface area contributed by atoms with E-state index in [1.165, 1.54) is 6.20 Å². The number of nitrogens with one attached hydrogen (secondary N) is 2. The van der Waals surface area contributed by atoms with Crippen LogP contribution in [0.1, 0.15) is 51.0 Å². The number of halogens is 3. The molecule has 2 aromatic carbocycles. The summed E-state index contributed by atoms with van der Waals surface area (Å²) in [6, 6.07) is 21.8. The molecule has 0 radical (unpaired) electrons. The number of ether oxygens (including phenoxy) is 1. The normalized spacial score (nSPS) is 10.7. The number of carbonyl (C=O) groups excluding carboxylic acids is 4. The Morgan fingerprint density at radius 1 is 0.797 bits per heavy atom. The third-order valence-corrected chi connectivity index (χ3v) is 8.63. The van der Waals surface area contributed by atoms with Gasteiger partial charge >= 0.3 is 11.9 Å². The third-order valence-electron chi connectivity index (χ3n) is 7.96. The number of aryl methyl sites for hydroxylation is 2. The van der Waals surface area contributed by atoms with Gasteiger partial charge in [0.25, 0.3) is 11.8 Å². The molecule has 0 aliphatic carbocycles. The van der Waals surface area contributed by atoms with Gasteiger partial charge in [-0.2, -0.15) is 4.98 Å². The zero-order valence-corrected chi connectivity index (χ0v) is 32.9. The van der Waals surface area contributed by atoms with Crippen molar-refractivity contribution in [2.75, 3.05) is 22.4 Å². The zero-order valence-electron chi connectivity index (χ0n) is 30.6. The van der Waals surface area contributed by atoms with Crippen molar-refractivity contribution in [3.8, 4) is 11.4 Å². The molecule has 0 aliphatic heterocycles. The monoisotopic (exact) mass is 862 g/mol. The second kappa shape index (κ2) is 21.1. The molecular weight excluding hydrogens is 827 g/mol.